The third-order valence-corrected chi connectivity index (χ3v) is 2.27. The van der Waals surface area contributed by atoms with Gasteiger partial charge in [-0.25, -0.2) is 9.37 Å². The van der Waals surface area contributed by atoms with Crippen molar-refractivity contribution in [3.63, 3.8) is 0 Å². The summed E-state index contributed by atoms with van der Waals surface area (Å²) in [4.78, 5) is 7.83. The molecular formula is C11H9ClFN3O. The van der Waals surface area contributed by atoms with Crippen molar-refractivity contribution in [1.29, 1.82) is 0 Å². The third kappa shape index (κ3) is 3.04. The van der Waals surface area contributed by atoms with Crippen molar-refractivity contribution in [2.24, 2.45) is 0 Å². The number of phenolic OH excluding ortho intramolecular Hbond substituents is 1. The van der Waals surface area contributed by atoms with Gasteiger partial charge in [0.2, 0.25) is 0 Å². The van der Waals surface area contributed by atoms with Gasteiger partial charge >= 0.3 is 0 Å². The summed E-state index contributed by atoms with van der Waals surface area (Å²) in [5.74, 6) is -0.510. The van der Waals surface area contributed by atoms with E-state index in [1.165, 1.54) is 24.5 Å². The molecule has 0 spiro atoms. The molecule has 1 aromatic heterocycles. The minimum atomic E-state index is -0.651. The van der Waals surface area contributed by atoms with E-state index >= 15 is 0 Å². The first-order chi connectivity index (χ1) is 8.15. The average Bonchev–Trinajstić information content (AvgIpc) is 2.31. The molecule has 0 bridgehead atoms. The van der Waals surface area contributed by atoms with Crippen LogP contribution < -0.4 is 5.32 Å². The number of anilines is 1. The first-order valence-corrected chi connectivity index (χ1v) is 5.22. The van der Waals surface area contributed by atoms with E-state index in [4.69, 9.17) is 16.7 Å². The van der Waals surface area contributed by atoms with E-state index in [2.05, 4.69) is 15.3 Å². The molecule has 1 heterocycles. The number of hydrogen-bond acceptors (Lipinski definition) is 4. The monoisotopic (exact) mass is 253 g/mol. The van der Waals surface area contributed by atoms with Gasteiger partial charge in [0.05, 0.1) is 12.4 Å². The summed E-state index contributed by atoms with van der Waals surface area (Å²) >= 11 is 5.67. The Morgan fingerprint density at radius 1 is 1.35 bits per heavy atom. The van der Waals surface area contributed by atoms with Gasteiger partial charge in [0, 0.05) is 6.54 Å². The highest BCUT2D eigenvalue weighted by atomic mass is 35.5. The lowest BCUT2D eigenvalue weighted by atomic mass is 10.2. The highest BCUT2D eigenvalue weighted by Gasteiger charge is 2.02. The fraction of sp³-hybridized carbons (Fsp3) is 0.0909. The number of hydrogen-bond donors (Lipinski definition) is 2. The van der Waals surface area contributed by atoms with Crippen LogP contribution >= 0.6 is 11.6 Å². The SMILES string of the molecule is Oc1ccc(CNc2cncc(Cl)n2)cc1F. The van der Waals surface area contributed by atoms with Crippen LogP contribution in [0.3, 0.4) is 0 Å². The molecule has 0 radical (unpaired) electrons. The van der Waals surface area contributed by atoms with Gasteiger partial charge in [-0.05, 0) is 17.7 Å². The normalized spacial score (nSPS) is 10.2. The Morgan fingerprint density at radius 3 is 2.88 bits per heavy atom. The number of nitrogens with one attached hydrogen (secondary N) is 1. The number of aromatic nitrogens is 2. The minimum absolute atomic E-state index is 0.284. The Kier molecular flexibility index (Phi) is 3.39. The van der Waals surface area contributed by atoms with Crippen LogP contribution in [0.15, 0.2) is 30.6 Å². The number of phenols is 1. The van der Waals surface area contributed by atoms with Crippen LogP contribution in [-0.4, -0.2) is 15.1 Å². The highest BCUT2D eigenvalue weighted by Crippen LogP contribution is 2.17. The largest absolute Gasteiger partial charge is 0.505 e. The number of nitrogens with zero attached hydrogens (tertiary/aromatic N) is 2. The van der Waals surface area contributed by atoms with E-state index in [-0.39, 0.29) is 10.9 Å². The summed E-state index contributed by atoms with van der Waals surface area (Å²) in [6.07, 6.45) is 2.94. The molecule has 0 aliphatic rings. The zero-order chi connectivity index (χ0) is 12.3. The second kappa shape index (κ2) is 4.97. The summed E-state index contributed by atoms with van der Waals surface area (Å²) in [5.41, 5.74) is 0.682. The maximum atomic E-state index is 13.0. The first kappa shape index (κ1) is 11.6. The maximum absolute atomic E-state index is 13.0. The van der Waals surface area contributed by atoms with Gasteiger partial charge in [0.25, 0.3) is 0 Å². The van der Waals surface area contributed by atoms with Gasteiger partial charge in [0.1, 0.15) is 11.0 Å². The zero-order valence-electron chi connectivity index (χ0n) is 8.69. The van der Waals surface area contributed by atoms with E-state index in [0.29, 0.717) is 17.9 Å². The number of benzene rings is 1. The molecule has 0 saturated heterocycles. The van der Waals surface area contributed by atoms with Gasteiger partial charge in [-0.15, -0.1) is 0 Å². The first-order valence-electron chi connectivity index (χ1n) is 4.84. The Morgan fingerprint density at radius 2 is 2.18 bits per heavy atom. The van der Waals surface area contributed by atoms with Crippen LogP contribution in [-0.2, 0) is 6.54 Å². The topological polar surface area (TPSA) is 58.0 Å². The van der Waals surface area contributed by atoms with Crippen LogP contribution in [0.5, 0.6) is 5.75 Å². The number of rotatable bonds is 3. The van der Waals surface area contributed by atoms with Crippen molar-refractivity contribution >= 4 is 17.4 Å². The molecule has 0 aliphatic heterocycles. The summed E-state index contributed by atoms with van der Waals surface area (Å²) in [7, 11) is 0. The lowest BCUT2D eigenvalue weighted by Gasteiger charge is -2.06. The van der Waals surface area contributed by atoms with Crippen LogP contribution in [0.1, 0.15) is 5.56 Å². The number of halogens is 2. The lowest BCUT2D eigenvalue weighted by molar-refractivity contribution is 0.432. The standard InChI is InChI=1S/C11H9ClFN3O/c12-10-5-14-6-11(16-10)15-4-7-1-2-9(17)8(13)3-7/h1-3,5-6,17H,4H2,(H,15,16). The minimum Gasteiger partial charge on any atom is -0.505 e. The highest BCUT2D eigenvalue weighted by molar-refractivity contribution is 6.29. The van der Waals surface area contributed by atoms with Gasteiger partial charge in [0.15, 0.2) is 11.6 Å². The summed E-state index contributed by atoms with van der Waals surface area (Å²) in [6.45, 7) is 0.367. The molecule has 6 heteroatoms. The van der Waals surface area contributed by atoms with Crippen LogP contribution in [0.4, 0.5) is 10.2 Å². The van der Waals surface area contributed by atoms with Crippen LogP contribution in [0.25, 0.3) is 0 Å². The quantitative estimate of drug-likeness (QED) is 0.883. The van der Waals surface area contributed by atoms with Gasteiger partial charge in [-0.2, -0.15) is 0 Å². The zero-order valence-corrected chi connectivity index (χ0v) is 9.45. The second-order valence-electron chi connectivity index (χ2n) is 3.37. The van der Waals surface area contributed by atoms with Crippen molar-refractivity contribution in [2.45, 2.75) is 6.54 Å². The Bertz CT molecular complexity index is 536. The van der Waals surface area contributed by atoms with E-state index in [9.17, 15) is 4.39 Å². The van der Waals surface area contributed by atoms with Gasteiger partial charge < -0.3 is 10.4 Å². The maximum Gasteiger partial charge on any atom is 0.165 e. The molecule has 1 aromatic carbocycles. The molecule has 0 saturated carbocycles. The Labute approximate surface area is 102 Å². The molecular weight excluding hydrogens is 245 g/mol. The fourth-order valence-corrected chi connectivity index (χ4v) is 1.43. The molecule has 17 heavy (non-hydrogen) atoms. The van der Waals surface area contributed by atoms with Crippen molar-refractivity contribution in [3.05, 3.63) is 47.1 Å². The molecule has 0 fully saturated rings. The predicted octanol–water partition coefficient (Wildman–Crippen LogP) is 2.59. The van der Waals surface area contributed by atoms with Crippen LogP contribution in [0, 0.1) is 5.82 Å². The van der Waals surface area contributed by atoms with E-state index in [1.807, 2.05) is 0 Å². The lowest BCUT2D eigenvalue weighted by Crippen LogP contribution is -2.02. The Hall–Kier alpha value is -1.88. The third-order valence-electron chi connectivity index (χ3n) is 2.09. The molecule has 0 amide bonds. The Balaban J connectivity index is 2.05. The van der Waals surface area contributed by atoms with Crippen molar-refractivity contribution in [2.75, 3.05) is 5.32 Å². The van der Waals surface area contributed by atoms with Crippen molar-refractivity contribution < 1.29 is 9.50 Å². The average molecular weight is 254 g/mol. The van der Waals surface area contributed by atoms with E-state index in [1.54, 1.807) is 6.07 Å². The number of aromatic hydroxyl groups is 1. The molecule has 2 N–H and O–H groups in total. The molecule has 88 valence electrons. The summed E-state index contributed by atoms with van der Waals surface area (Å²) in [6, 6.07) is 4.17. The molecule has 0 aliphatic carbocycles. The van der Waals surface area contributed by atoms with Gasteiger partial charge in [-0.3, -0.25) is 4.98 Å². The molecule has 0 unspecified atom stereocenters. The second-order valence-corrected chi connectivity index (χ2v) is 3.75. The van der Waals surface area contributed by atoms with Crippen LogP contribution in [0.2, 0.25) is 5.15 Å². The predicted molar refractivity (Wildman–Crippen MR) is 62.4 cm³/mol. The fourth-order valence-electron chi connectivity index (χ4n) is 1.28. The smallest absolute Gasteiger partial charge is 0.165 e. The van der Waals surface area contributed by atoms with E-state index in [0.717, 1.165) is 0 Å². The van der Waals surface area contributed by atoms with Gasteiger partial charge in [-0.1, -0.05) is 17.7 Å². The van der Waals surface area contributed by atoms with E-state index < -0.39 is 5.82 Å². The summed E-state index contributed by atoms with van der Waals surface area (Å²) < 4.78 is 13.0. The molecule has 0 atom stereocenters. The van der Waals surface area contributed by atoms with Crippen molar-refractivity contribution in [1.82, 2.24) is 9.97 Å². The van der Waals surface area contributed by atoms with Crippen molar-refractivity contribution in [3.8, 4) is 5.75 Å². The molecule has 2 aromatic rings. The summed E-state index contributed by atoms with van der Waals surface area (Å²) in [5, 5.41) is 12.3. The molecule has 4 nitrogen and oxygen atoms in total. The molecule has 2 rings (SSSR count).